The van der Waals surface area contributed by atoms with E-state index >= 15 is 0 Å². The highest BCUT2D eigenvalue weighted by Gasteiger charge is 2.05. The van der Waals surface area contributed by atoms with Gasteiger partial charge in [0.25, 0.3) is 0 Å². The summed E-state index contributed by atoms with van der Waals surface area (Å²) in [6, 6.07) is 6.94. The largest absolute Gasteiger partial charge is 0.481 e. The number of benzene rings is 1. The molecule has 0 fully saturated rings. The number of carboxylic acids is 2. The Morgan fingerprint density at radius 2 is 1.25 bits per heavy atom. The first-order chi connectivity index (χ1) is 9.38. The maximum Gasteiger partial charge on any atom is 0.309 e. The number of rotatable bonds is 6. The smallest absolute Gasteiger partial charge is 0.309 e. The average molecular weight is 276 g/mol. The zero-order valence-electron chi connectivity index (χ0n) is 11.3. The number of nitrogens with zero attached hydrogens (tertiary/aromatic N) is 2. The van der Waals surface area contributed by atoms with E-state index in [0.29, 0.717) is 22.8 Å². The molecule has 0 aliphatic rings. The van der Waals surface area contributed by atoms with Crippen LogP contribution in [0.15, 0.2) is 34.3 Å². The van der Waals surface area contributed by atoms with E-state index in [1.807, 2.05) is 0 Å². The molecule has 0 aromatic heterocycles. The number of carbonyl (C=O) groups is 2. The Kier molecular flexibility index (Phi) is 5.58. The Labute approximate surface area is 116 Å². The molecule has 0 spiro atoms. The number of aliphatic imine (C=N–C) groups is 2. The van der Waals surface area contributed by atoms with Gasteiger partial charge >= 0.3 is 11.9 Å². The van der Waals surface area contributed by atoms with Gasteiger partial charge in [-0.3, -0.25) is 19.6 Å². The van der Waals surface area contributed by atoms with Crippen molar-refractivity contribution in [2.24, 2.45) is 9.98 Å². The topological polar surface area (TPSA) is 99.3 Å². The standard InChI is InChI=1S/C14H16N2O4/c1-9(7-13(17)18)15-11-5-3-4-6-12(11)16-10(2)8-14(19)20/h3-6H,7-8H2,1-2H3,(H,17,18)(H,19,20). The molecule has 6 nitrogen and oxygen atoms in total. The minimum atomic E-state index is -0.950. The van der Waals surface area contributed by atoms with Crippen LogP contribution in [0.1, 0.15) is 26.7 Å². The zero-order valence-corrected chi connectivity index (χ0v) is 11.3. The molecule has 106 valence electrons. The molecule has 6 heteroatoms. The van der Waals surface area contributed by atoms with Crippen LogP contribution in [0.25, 0.3) is 0 Å². The molecule has 0 atom stereocenters. The third-order valence-corrected chi connectivity index (χ3v) is 2.32. The fraction of sp³-hybridized carbons (Fsp3) is 0.286. The second kappa shape index (κ2) is 7.18. The van der Waals surface area contributed by atoms with Gasteiger partial charge in [0, 0.05) is 11.4 Å². The summed E-state index contributed by atoms with van der Waals surface area (Å²) in [5.41, 5.74) is 1.96. The van der Waals surface area contributed by atoms with Crippen molar-refractivity contribution in [2.45, 2.75) is 26.7 Å². The third kappa shape index (κ3) is 5.43. The van der Waals surface area contributed by atoms with Crippen LogP contribution in [0, 0.1) is 0 Å². The third-order valence-electron chi connectivity index (χ3n) is 2.32. The Bertz CT molecular complexity index is 525. The summed E-state index contributed by atoms with van der Waals surface area (Å²) < 4.78 is 0. The van der Waals surface area contributed by atoms with Crippen LogP contribution in [-0.4, -0.2) is 33.6 Å². The molecular weight excluding hydrogens is 260 g/mol. The molecule has 1 aromatic carbocycles. The first-order valence-electron chi connectivity index (χ1n) is 5.99. The van der Waals surface area contributed by atoms with Gasteiger partial charge in [0.05, 0.1) is 24.2 Å². The predicted octanol–water partition coefficient (Wildman–Crippen LogP) is 2.82. The molecule has 0 radical (unpaired) electrons. The van der Waals surface area contributed by atoms with E-state index in [4.69, 9.17) is 10.2 Å². The molecule has 20 heavy (non-hydrogen) atoms. The molecule has 0 saturated carbocycles. The van der Waals surface area contributed by atoms with E-state index in [2.05, 4.69) is 9.98 Å². The van der Waals surface area contributed by atoms with E-state index in [9.17, 15) is 9.59 Å². The van der Waals surface area contributed by atoms with Crippen LogP contribution in [-0.2, 0) is 9.59 Å². The lowest BCUT2D eigenvalue weighted by Gasteiger charge is -2.03. The second-order valence-corrected chi connectivity index (χ2v) is 4.32. The van der Waals surface area contributed by atoms with Crippen molar-refractivity contribution in [1.29, 1.82) is 0 Å². The lowest BCUT2D eigenvalue weighted by Crippen LogP contribution is -2.03. The lowest BCUT2D eigenvalue weighted by atomic mass is 10.2. The Hall–Kier alpha value is -2.50. The van der Waals surface area contributed by atoms with Gasteiger partial charge in [-0.15, -0.1) is 0 Å². The predicted molar refractivity (Wildman–Crippen MR) is 76.5 cm³/mol. The highest BCUT2D eigenvalue weighted by Crippen LogP contribution is 2.28. The number of hydrogen-bond donors (Lipinski definition) is 2. The van der Waals surface area contributed by atoms with Gasteiger partial charge in [-0.2, -0.15) is 0 Å². The number of hydrogen-bond acceptors (Lipinski definition) is 4. The minimum absolute atomic E-state index is 0.147. The molecule has 0 aliphatic heterocycles. The van der Waals surface area contributed by atoms with E-state index in [0.717, 1.165) is 0 Å². The zero-order chi connectivity index (χ0) is 15.1. The normalized spacial score (nSPS) is 12.3. The SMILES string of the molecule is CC(CC(=O)O)=Nc1ccccc1N=C(C)CC(=O)O. The van der Waals surface area contributed by atoms with Crippen molar-refractivity contribution >= 4 is 34.7 Å². The summed E-state index contributed by atoms with van der Waals surface area (Å²) in [6.45, 7) is 3.25. The molecule has 2 N–H and O–H groups in total. The van der Waals surface area contributed by atoms with Gasteiger partial charge in [0.1, 0.15) is 0 Å². The lowest BCUT2D eigenvalue weighted by molar-refractivity contribution is -0.136. The summed E-state index contributed by atoms with van der Waals surface area (Å²) in [7, 11) is 0. The van der Waals surface area contributed by atoms with Gasteiger partial charge in [-0.05, 0) is 26.0 Å². The molecule has 0 saturated heterocycles. The van der Waals surface area contributed by atoms with Crippen LogP contribution in [0.2, 0.25) is 0 Å². The van der Waals surface area contributed by atoms with E-state index in [1.165, 1.54) is 0 Å². The second-order valence-electron chi connectivity index (χ2n) is 4.32. The molecule has 0 aliphatic carbocycles. The quantitative estimate of drug-likeness (QED) is 0.780. The first-order valence-corrected chi connectivity index (χ1v) is 5.99. The fourth-order valence-corrected chi connectivity index (χ4v) is 1.58. The summed E-state index contributed by atoms with van der Waals surface area (Å²) in [5, 5.41) is 17.4. The van der Waals surface area contributed by atoms with E-state index < -0.39 is 11.9 Å². The van der Waals surface area contributed by atoms with Crippen molar-refractivity contribution in [1.82, 2.24) is 0 Å². The van der Waals surface area contributed by atoms with Crippen molar-refractivity contribution in [3.63, 3.8) is 0 Å². The summed E-state index contributed by atoms with van der Waals surface area (Å²) in [5.74, 6) is -1.90. The maximum absolute atomic E-state index is 10.6. The summed E-state index contributed by atoms with van der Waals surface area (Å²) in [6.07, 6.45) is -0.293. The van der Waals surface area contributed by atoms with Gasteiger partial charge in [-0.1, -0.05) is 12.1 Å². The average Bonchev–Trinajstić information content (AvgIpc) is 2.29. The van der Waals surface area contributed by atoms with Crippen LogP contribution in [0.5, 0.6) is 0 Å². The molecule has 1 rings (SSSR count). The number of para-hydroxylation sites is 2. The Morgan fingerprint density at radius 3 is 1.55 bits per heavy atom. The molecular formula is C14H16N2O4. The van der Waals surface area contributed by atoms with Crippen LogP contribution in [0.4, 0.5) is 11.4 Å². The number of aliphatic carboxylic acids is 2. The highest BCUT2D eigenvalue weighted by molar-refractivity contribution is 6.00. The van der Waals surface area contributed by atoms with Crippen molar-refractivity contribution in [3.05, 3.63) is 24.3 Å². The van der Waals surface area contributed by atoms with Gasteiger partial charge in [-0.25, -0.2) is 0 Å². The molecule has 0 heterocycles. The highest BCUT2D eigenvalue weighted by atomic mass is 16.4. The van der Waals surface area contributed by atoms with Crippen LogP contribution < -0.4 is 0 Å². The van der Waals surface area contributed by atoms with Crippen molar-refractivity contribution < 1.29 is 19.8 Å². The Morgan fingerprint density at radius 1 is 0.900 bits per heavy atom. The van der Waals surface area contributed by atoms with Gasteiger partial charge in [0.2, 0.25) is 0 Å². The summed E-state index contributed by atoms with van der Waals surface area (Å²) >= 11 is 0. The van der Waals surface area contributed by atoms with Crippen LogP contribution >= 0.6 is 0 Å². The van der Waals surface area contributed by atoms with Crippen molar-refractivity contribution in [2.75, 3.05) is 0 Å². The summed E-state index contributed by atoms with van der Waals surface area (Å²) in [4.78, 5) is 29.6. The number of carboxylic acid groups (broad SMARTS) is 2. The van der Waals surface area contributed by atoms with E-state index in [1.54, 1.807) is 38.1 Å². The van der Waals surface area contributed by atoms with Crippen molar-refractivity contribution in [3.8, 4) is 0 Å². The minimum Gasteiger partial charge on any atom is -0.481 e. The maximum atomic E-state index is 10.6. The molecule has 1 aromatic rings. The monoisotopic (exact) mass is 276 g/mol. The van der Waals surface area contributed by atoms with Gasteiger partial charge in [0.15, 0.2) is 0 Å². The van der Waals surface area contributed by atoms with Crippen LogP contribution in [0.3, 0.4) is 0 Å². The molecule has 0 bridgehead atoms. The molecule has 0 unspecified atom stereocenters. The van der Waals surface area contributed by atoms with Gasteiger partial charge < -0.3 is 10.2 Å². The Balaban J connectivity index is 3.05. The fourth-order valence-electron chi connectivity index (χ4n) is 1.58. The molecule has 0 amide bonds. The van der Waals surface area contributed by atoms with E-state index in [-0.39, 0.29) is 12.8 Å². The first kappa shape index (κ1) is 15.6.